The standard InChI is InChI=1S/C13H24BrNO2/c1-13(2,3)17-12(16)15-10-5-4-7-11(15)8-6-9-14/h11H,4-10H2,1-3H3. The molecule has 1 fully saturated rings. The van der Waals surface area contributed by atoms with Crippen LogP contribution in [0.25, 0.3) is 0 Å². The summed E-state index contributed by atoms with van der Waals surface area (Å²) in [6.45, 7) is 6.61. The van der Waals surface area contributed by atoms with Gasteiger partial charge in [0.1, 0.15) is 5.60 Å². The lowest BCUT2D eigenvalue weighted by Gasteiger charge is -2.36. The lowest BCUT2D eigenvalue weighted by atomic mass is 9.99. The molecule has 0 radical (unpaired) electrons. The van der Waals surface area contributed by atoms with Crippen molar-refractivity contribution in [3.63, 3.8) is 0 Å². The van der Waals surface area contributed by atoms with Crippen molar-refractivity contribution in [3.8, 4) is 0 Å². The van der Waals surface area contributed by atoms with Gasteiger partial charge >= 0.3 is 6.09 Å². The normalized spacial score (nSPS) is 21.4. The molecular formula is C13H24BrNO2. The van der Waals surface area contributed by atoms with Gasteiger partial charge in [-0.25, -0.2) is 4.79 Å². The van der Waals surface area contributed by atoms with E-state index in [1.54, 1.807) is 0 Å². The number of likely N-dealkylation sites (tertiary alicyclic amines) is 1. The third kappa shape index (κ3) is 5.28. The van der Waals surface area contributed by atoms with Gasteiger partial charge in [-0.3, -0.25) is 0 Å². The zero-order valence-electron chi connectivity index (χ0n) is 11.2. The van der Waals surface area contributed by atoms with Crippen LogP contribution in [0, 0.1) is 0 Å². The number of carbonyl (C=O) groups is 1. The van der Waals surface area contributed by atoms with Crippen molar-refractivity contribution in [3.05, 3.63) is 0 Å². The summed E-state index contributed by atoms with van der Waals surface area (Å²) < 4.78 is 5.46. The van der Waals surface area contributed by atoms with Crippen molar-refractivity contribution in [1.29, 1.82) is 0 Å². The molecule has 0 aromatic carbocycles. The number of carbonyl (C=O) groups excluding carboxylic acids is 1. The average Bonchev–Trinajstić information content (AvgIpc) is 2.24. The van der Waals surface area contributed by atoms with Gasteiger partial charge in [-0.05, 0) is 52.9 Å². The highest BCUT2D eigenvalue weighted by atomic mass is 79.9. The molecule has 1 aliphatic rings. The van der Waals surface area contributed by atoms with Crippen molar-refractivity contribution in [2.24, 2.45) is 0 Å². The van der Waals surface area contributed by atoms with E-state index in [4.69, 9.17) is 4.74 Å². The maximum Gasteiger partial charge on any atom is 0.410 e. The van der Waals surface area contributed by atoms with Crippen LogP contribution in [0.1, 0.15) is 52.9 Å². The molecule has 100 valence electrons. The molecule has 4 heteroatoms. The van der Waals surface area contributed by atoms with Crippen LogP contribution in [-0.2, 0) is 4.74 Å². The quantitative estimate of drug-likeness (QED) is 0.739. The van der Waals surface area contributed by atoms with Crippen LogP contribution < -0.4 is 0 Å². The van der Waals surface area contributed by atoms with E-state index in [2.05, 4.69) is 15.9 Å². The molecule has 1 amide bonds. The molecule has 0 aromatic rings. The van der Waals surface area contributed by atoms with Crippen LogP contribution in [0.3, 0.4) is 0 Å². The van der Waals surface area contributed by atoms with E-state index < -0.39 is 5.60 Å². The maximum absolute atomic E-state index is 12.1. The van der Waals surface area contributed by atoms with Crippen LogP contribution in [0.2, 0.25) is 0 Å². The van der Waals surface area contributed by atoms with E-state index in [1.165, 1.54) is 6.42 Å². The lowest BCUT2D eigenvalue weighted by Crippen LogP contribution is -2.46. The van der Waals surface area contributed by atoms with E-state index in [1.807, 2.05) is 25.7 Å². The van der Waals surface area contributed by atoms with Crippen LogP contribution in [-0.4, -0.2) is 34.5 Å². The number of nitrogens with zero attached hydrogens (tertiary/aromatic N) is 1. The van der Waals surface area contributed by atoms with Gasteiger partial charge in [0.05, 0.1) is 0 Å². The summed E-state index contributed by atoms with van der Waals surface area (Å²) in [6.07, 6.45) is 5.49. The van der Waals surface area contributed by atoms with Crippen molar-refractivity contribution < 1.29 is 9.53 Å². The number of rotatable bonds is 3. The van der Waals surface area contributed by atoms with Gasteiger partial charge in [0.25, 0.3) is 0 Å². The van der Waals surface area contributed by atoms with Crippen molar-refractivity contribution in [1.82, 2.24) is 4.90 Å². The Hall–Kier alpha value is -0.250. The molecule has 3 nitrogen and oxygen atoms in total. The largest absolute Gasteiger partial charge is 0.444 e. The minimum absolute atomic E-state index is 0.142. The van der Waals surface area contributed by atoms with Crippen molar-refractivity contribution in [2.45, 2.75) is 64.5 Å². The summed E-state index contributed by atoms with van der Waals surface area (Å²) in [6, 6.07) is 0.371. The minimum atomic E-state index is -0.394. The monoisotopic (exact) mass is 305 g/mol. The highest BCUT2D eigenvalue weighted by molar-refractivity contribution is 9.09. The molecule has 0 spiro atoms. The summed E-state index contributed by atoms with van der Waals surface area (Å²) in [4.78, 5) is 14.0. The van der Waals surface area contributed by atoms with Gasteiger partial charge < -0.3 is 9.64 Å². The van der Waals surface area contributed by atoms with Crippen molar-refractivity contribution >= 4 is 22.0 Å². The molecule has 0 saturated carbocycles. The molecule has 0 aromatic heterocycles. The fourth-order valence-corrected chi connectivity index (χ4v) is 2.50. The second kappa shape index (κ2) is 6.62. The summed E-state index contributed by atoms with van der Waals surface area (Å²) in [7, 11) is 0. The summed E-state index contributed by atoms with van der Waals surface area (Å²) in [5.41, 5.74) is -0.394. The van der Waals surface area contributed by atoms with Gasteiger partial charge in [-0.1, -0.05) is 15.9 Å². The van der Waals surface area contributed by atoms with E-state index in [0.29, 0.717) is 6.04 Å². The Morgan fingerprint density at radius 2 is 2.12 bits per heavy atom. The molecule has 0 N–H and O–H groups in total. The topological polar surface area (TPSA) is 29.5 Å². The fraction of sp³-hybridized carbons (Fsp3) is 0.923. The van der Waals surface area contributed by atoms with E-state index in [9.17, 15) is 4.79 Å². The zero-order chi connectivity index (χ0) is 12.9. The Labute approximate surface area is 113 Å². The Kier molecular flexibility index (Phi) is 5.77. The number of hydrogen-bond acceptors (Lipinski definition) is 2. The lowest BCUT2D eigenvalue weighted by molar-refractivity contribution is 0.00885. The van der Waals surface area contributed by atoms with Gasteiger partial charge in [0, 0.05) is 17.9 Å². The Morgan fingerprint density at radius 1 is 1.41 bits per heavy atom. The molecule has 0 aliphatic carbocycles. The van der Waals surface area contributed by atoms with Gasteiger partial charge in [-0.2, -0.15) is 0 Å². The van der Waals surface area contributed by atoms with Gasteiger partial charge in [0.2, 0.25) is 0 Å². The van der Waals surface area contributed by atoms with E-state index in [0.717, 1.165) is 37.6 Å². The second-order valence-corrected chi connectivity index (χ2v) is 6.45. The zero-order valence-corrected chi connectivity index (χ0v) is 12.8. The number of halogens is 1. The molecule has 1 rings (SSSR count). The molecule has 1 heterocycles. The highest BCUT2D eigenvalue weighted by Gasteiger charge is 2.29. The number of piperidine rings is 1. The number of hydrogen-bond donors (Lipinski definition) is 0. The molecule has 1 aliphatic heterocycles. The van der Waals surface area contributed by atoms with E-state index >= 15 is 0 Å². The molecule has 1 saturated heterocycles. The van der Waals surface area contributed by atoms with E-state index in [-0.39, 0.29) is 6.09 Å². The Morgan fingerprint density at radius 3 is 2.71 bits per heavy atom. The van der Waals surface area contributed by atoms with Gasteiger partial charge in [0.15, 0.2) is 0 Å². The predicted molar refractivity (Wildman–Crippen MR) is 73.6 cm³/mol. The SMILES string of the molecule is CC(C)(C)OC(=O)N1CCCCC1CCCBr. The molecule has 17 heavy (non-hydrogen) atoms. The Bertz CT molecular complexity index is 250. The highest BCUT2D eigenvalue weighted by Crippen LogP contribution is 2.23. The first-order chi connectivity index (χ1) is 7.94. The molecule has 1 unspecified atom stereocenters. The Balaban J connectivity index is 2.54. The smallest absolute Gasteiger partial charge is 0.410 e. The number of alkyl halides is 1. The third-order valence-electron chi connectivity index (χ3n) is 2.93. The molecular weight excluding hydrogens is 282 g/mol. The van der Waals surface area contributed by atoms with Crippen LogP contribution in [0.5, 0.6) is 0 Å². The van der Waals surface area contributed by atoms with Crippen LogP contribution >= 0.6 is 15.9 Å². The third-order valence-corrected chi connectivity index (χ3v) is 3.49. The fourth-order valence-electron chi connectivity index (χ4n) is 2.17. The van der Waals surface area contributed by atoms with Crippen LogP contribution in [0.4, 0.5) is 4.79 Å². The number of amides is 1. The minimum Gasteiger partial charge on any atom is -0.444 e. The maximum atomic E-state index is 12.1. The number of ether oxygens (including phenoxy) is 1. The van der Waals surface area contributed by atoms with Crippen molar-refractivity contribution in [2.75, 3.05) is 11.9 Å². The molecule has 1 atom stereocenters. The first-order valence-corrected chi connectivity index (χ1v) is 7.62. The van der Waals surface area contributed by atoms with Crippen LogP contribution in [0.15, 0.2) is 0 Å². The summed E-state index contributed by atoms with van der Waals surface area (Å²) in [5.74, 6) is 0. The second-order valence-electron chi connectivity index (χ2n) is 5.65. The summed E-state index contributed by atoms with van der Waals surface area (Å²) in [5, 5.41) is 1.01. The predicted octanol–water partition coefficient (Wildman–Crippen LogP) is 3.95. The first kappa shape index (κ1) is 14.8. The van der Waals surface area contributed by atoms with Gasteiger partial charge in [-0.15, -0.1) is 0 Å². The molecule has 0 bridgehead atoms. The first-order valence-electron chi connectivity index (χ1n) is 6.49. The summed E-state index contributed by atoms with van der Waals surface area (Å²) >= 11 is 3.45. The average molecular weight is 306 g/mol.